The van der Waals surface area contributed by atoms with Crippen molar-refractivity contribution in [2.75, 3.05) is 32.7 Å². The van der Waals surface area contributed by atoms with Crippen molar-refractivity contribution in [1.29, 1.82) is 0 Å². The van der Waals surface area contributed by atoms with Crippen LogP contribution in [-0.4, -0.2) is 54.6 Å². The smallest absolute Gasteiger partial charge is 0.0195 e. The van der Waals surface area contributed by atoms with Gasteiger partial charge in [-0.15, -0.1) is 0 Å². The predicted octanol–water partition coefficient (Wildman–Crippen LogP) is 1.39. The average molecular weight is 227 g/mol. The first-order valence-electron chi connectivity index (χ1n) is 6.80. The third-order valence-electron chi connectivity index (χ3n) is 4.10. The van der Waals surface area contributed by atoms with Crippen LogP contribution < -0.4 is 5.73 Å². The molecule has 3 atom stereocenters. The second-order valence-electron chi connectivity index (χ2n) is 5.29. The Bertz CT molecular complexity index is 196. The van der Waals surface area contributed by atoms with E-state index in [0.29, 0.717) is 18.0 Å². The molecule has 1 fully saturated rings. The fourth-order valence-corrected chi connectivity index (χ4v) is 2.49. The Kier molecular flexibility index (Phi) is 5.73. The van der Waals surface area contributed by atoms with E-state index >= 15 is 0 Å². The number of likely N-dealkylation sites (N-methyl/N-ethyl adjacent to an activating group) is 1. The van der Waals surface area contributed by atoms with E-state index < -0.39 is 0 Å². The second kappa shape index (κ2) is 6.58. The summed E-state index contributed by atoms with van der Waals surface area (Å²) < 4.78 is 0. The zero-order valence-electron chi connectivity index (χ0n) is 11.4. The first-order valence-corrected chi connectivity index (χ1v) is 6.80. The third kappa shape index (κ3) is 3.72. The molecule has 3 unspecified atom stereocenters. The second-order valence-corrected chi connectivity index (χ2v) is 5.29. The Hall–Kier alpha value is -0.120. The van der Waals surface area contributed by atoms with Crippen LogP contribution in [0.25, 0.3) is 0 Å². The Morgan fingerprint density at radius 1 is 1.31 bits per heavy atom. The molecule has 0 saturated carbocycles. The molecule has 0 radical (unpaired) electrons. The largest absolute Gasteiger partial charge is 0.326 e. The van der Waals surface area contributed by atoms with Gasteiger partial charge < -0.3 is 5.73 Å². The highest BCUT2D eigenvalue weighted by Gasteiger charge is 2.24. The molecule has 1 rings (SSSR count). The van der Waals surface area contributed by atoms with Crippen LogP contribution in [0, 0.1) is 5.92 Å². The summed E-state index contributed by atoms with van der Waals surface area (Å²) in [5.41, 5.74) is 6.22. The zero-order valence-corrected chi connectivity index (χ0v) is 11.4. The fourth-order valence-electron chi connectivity index (χ4n) is 2.49. The first-order chi connectivity index (χ1) is 7.58. The summed E-state index contributed by atoms with van der Waals surface area (Å²) in [6.07, 6.45) is 1.19. The summed E-state index contributed by atoms with van der Waals surface area (Å²) in [5.74, 6) is 0.638. The first kappa shape index (κ1) is 13.9. The van der Waals surface area contributed by atoms with Crippen molar-refractivity contribution in [3.8, 4) is 0 Å². The van der Waals surface area contributed by atoms with Crippen LogP contribution in [0.1, 0.15) is 34.1 Å². The minimum atomic E-state index is 0.338. The Balaban J connectivity index is 2.35. The van der Waals surface area contributed by atoms with Crippen molar-refractivity contribution in [2.45, 2.75) is 46.2 Å². The van der Waals surface area contributed by atoms with Gasteiger partial charge in [0.05, 0.1) is 0 Å². The van der Waals surface area contributed by atoms with Crippen molar-refractivity contribution in [2.24, 2.45) is 11.7 Å². The molecule has 0 bridgehead atoms. The van der Waals surface area contributed by atoms with Crippen LogP contribution in [0.5, 0.6) is 0 Å². The molecule has 3 heteroatoms. The molecule has 0 spiro atoms. The summed E-state index contributed by atoms with van der Waals surface area (Å²) in [5, 5.41) is 0. The van der Waals surface area contributed by atoms with Crippen LogP contribution in [0.4, 0.5) is 0 Å². The Labute approximate surface area is 101 Å². The SMILES string of the molecule is CCC(C)C(N)CN1CCN(CC)C(C)C1. The van der Waals surface area contributed by atoms with Crippen molar-refractivity contribution >= 4 is 0 Å². The number of nitrogens with zero attached hydrogens (tertiary/aromatic N) is 2. The molecule has 0 aromatic heterocycles. The third-order valence-corrected chi connectivity index (χ3v) is 4.10. The summed E-state index contributed by atoms with van der Waals surface area (Å²) in [7, 11) is 0. The van der Waals surface area contributed by atoms with Gasteiger partial charge in [-0.05, 0) is 19.4 Å². The average Bonchev–Trinajstić information content (AvgIpc) is 2.28. The lowest BCUT2D eigenvalue weighted by Crippen LogP contribution is -2.54. The molecule has 0 aromatic rings. The number of nitrogens with two attached hydrogens (primary N) is 1. The molecule has 1 aliphatic rings. The highest BCUT2D eigenvalue weighted by Crippen LogP contribution is 2.12. The van der Waals surface area contributed by atoms with Gasteiger partial charge in [-0.1, -0.05) is 27.2 Å². The quantitative estimate of drug-likeness (QED) is 0.770. The maximum absolute atomic E-state index is 6.22. The monoisotopic (exact) mass is 227 g/mol. The van der Waals surface area contributed by atoms with E-state index in [1.807, 2.05) is 0 Å². The Morgan fingerprint density at radius 2 is 2.00 bits per heavy atom. The van der Waals surface area contributed by atoms with Crippen LogP contribution in [0.15, 0.2) is 0 Å². The van der Waals surface area contributed by atoms with Gasteiger partial charge in [0.25, 0.3) is 0 Å². The van der Waals surface area contributed by atoms with E-state index in [9.17, 15) is 0 Å². The van der Waals surface area contributed by atoms with Gasteiger partial charge in [0.15, 0.2) is 0 Å². The highest BCUT2D eigenvalue weighted by atomic mass is 15.3. The van der Waals surface area contributed by atoms with E-state index in [2.05, 4.69) is 37.5 Å². The van der Waals surface area contributed by atoms with Gasteiger partial charge in [0, 0.05) is 38.3 Å². The van der Waals surface area contributed by atoms with Crippen LogP contribution in [0.2, 0.25) is 0 Å². The standard InChI is InChI=1S/C13H29N3/c1-5-11(3)13(14)10-15-7-8-16(6-2)12(4)9-15/h11-13H,5-10,14H2,1-4H3. The van der Waals surface area contributed by atoms with Gasteiger partial charge in [0.2, 0.25) is 0 Å². The molecule has 2 N–H and O–H groups in total. The molecule has 96 valence electrons. The van der Waals surface area contributed by atoms with E-state index in [-0.39, 0.29) is 0 Å². The Morgan fingerprint density at radius 3 is 2.50 bits per heavy atom. The lowest BCUT2D eigenvalue weighted by atomic mass is 9.99. The van der Waals surface area contributed by atoms with Crippen molar-refractivity contribution in [1.82, 2.24) is 9.80 Å². The lowest BCUT2D eigenvalue weighted by Gasteiger charge is -2.40. The maximum atomic E-state index is 6.22. The van der Waals surface area contributed by atoms with Crippen LogP contribution in [-0.2, 0) is 0 Å². The molecule has 16 heavy (non-hydrogen) atoms. The molecule has 0 aliphatic carbocycles. The normalized spacial score (nSPS) is 27.9. The molecule has 1 saturated heterocycles. The molecule has 3 nitrogen and oxygen atoms in total. The molecule has 1 heterocycles. The van der Waals surface area contributed by atoms with E-state index in [1.165, 1.54) is 32.6 Å². The molecule has 0 aromatic carbocycles. The van der Waals surface area contributed by atoms with E-state index in [0.717, 1.165) is 6.54 Å². The van der Waals surface area contributed by atoms with Crippen LogP contribution >= 0.6 is 0 Å². The molecular weight excluding hydrogens is 198 g/mol. The van der Waals surface area contributed by atoms with Gasteiger partial charge in [-0.25, -0.2) is 0 Å². The van der Waals surface area contributed by atoms with Gasteiger partial charge in [0.1, 0.15) is 0 Å². The highest BCUT2D eigenvalue weighted by molar-refractivity contribution is 4.81. The number of hydrogen-bond donors (Lipinski definition) is 1. The number of hydrogen-bond acceptors (Lipinski definition) is 3. The fraction of sp³-hybridized carbons (Fsp3) is 1.00. The molecule has 1 aliphatic heterocycles. The summed E-state index contributed by atoms with van der Waals surface area (Å²) in [4.78, 5) is 5.08. The minimum Gasteiger partial charge on any atom is -0.326 e. The van der Waals surface area contributed by atoms with Crippen molar-refractivity contribution < 1.29 is 0 Å². The van der Waals surface area contributed by atoms with Gasteiger partial charge in [-0.3, -0.25) is 9.80 Å². The van der Waals surface area contributed by atoms with Gasteiger partial charge in [-0.2, -0.15) is 0 Å². The van der Waals surface area contributed by atoms with E-state index in [4.69, 9.17) is 5.73 Å². The summed E-state index contributed by atoms with van der Waals surface area (Å²) in [6.45, 7) is 14.9. The minimum absolute atomic E-state index is 0.338. The predicted molar refractivity (Wildman–Crippen MR) is 70.6 cm³/mol. The molecule has 0 amide bonds. The summed E-state index contributed by atoms with van der Waals surface area (Å²) in [6, 6.07) is 1.02. The topological polar surface area (TPSA) is 32.5 Å². The van der Waals surface area contributed by atoms with Crippen molar-refractivity contribution in [3.63, 3.8) is 0 Å². The lowest BCUT2D eigenvalue weighted by molar-refractivity contribution is 0.0799. The zero-order chi connectivity index (χ0) is 12.1. The van der Waals surface area contributed by atoms with E-state index in [1.54, 1.807) is 0 Å². The summed E-state index contributed by atoms with van der Waals surface area (Å²) >= 11 is 0. The van der Waals surface area contributed by atoms with Crippen LogP contribution in [0.3, 0.4) is 0 Å². The number of piperazine rings is 1. The number of rotatable bonds is 5. The van der Waals surface area contributed by atoms with Gasteiger partial charge >= 0.3 is 0 Å². The van der Waals surface area contributed by atoms with Crippen molar-refractivity contribution in [3.05, 3.63) is 0 Å². The molecular formula is C13H29N3. The maximum Gasteiger partial charge on any atom is 0.0195 e.